The summed E-state index contributed by atoms with van der Waals surface area (Å²) < 4.78 is 1.49. The first-order chi connectivity index (χ1) is 9.33. The fraction of sp³-hybridized carbons (Fsp3) is 0.750. The van der Waals surface area contributed by atoms with Gasteiger partial charge >= 0.3 is 0 Å². The van der Waals surface area contributed by atoms with Crippen LogP contribution in [0.4, 0.5) is 0 Å². The minimum absolute atomic E-state index is 0.722. The van der Waals surface area contributed by atoms with Gasteiger partial charge in [-0.3, -0.25) is 0 Å². The van der Waals surface area contributed by atoms with Gasteiger partial charge in [-0.2, -0.15) is 0 Å². The third-order valence-electron chi connectivity index (χ3n) is 4.02. The average Bonchev–Trinajstić information content (AvgIpc) is 2.91. The number of nitrogens with one attached hydrogen (secondary N) is 1. The van der Waals surface area contributed by atoms with E-state index in [-0.39, 0.29) is 0 Å². The molecule has 3 atom stereocenters. The summed E-state index contributed by atoms with van der Waals surface area (Å²) in [6.45, 7) is 5.75. The lowest BCUT2D eigenvalue weighted by Crippen LogP contribution is -2.42. The number of hydrogen-bond donors (Lipinski definition) is 1. The summed E-state index contributed by atoms with van der Waals surface area (Å²) in [4.78, 5) is 0. The minimum atomic E-state index is 0.722. The van der Waals surface area contributed by atoms with Gasteiger partial charge in [-0.25, -0.2) is 0 Å². The zero-order chi connectivity index (χ0) is 13.5. The zero-order valence-electron chi connectivity index (χ0n) is 12.2. The van der Waals surface area contributed by atoms with Crippen LogP contribution in [-0.4, -0.2) is 17.8 Å². The summed E-state index contributed by atoms with van der Waals surface area (Å²) in [6, 6.07) is 5.17. The van der Waals surface area contributed by atoms with Gasteiger partial charge in [0.05, 0.1) is 4.21 Å². The predicted molar refractivity (Wildman–Crippen MR) is 88.3 cm³/mol. The molecule has 1 heterocycles. The van der Waals surface area contributed by atoms with Crippen molar-refractivity contribution < 1.29 is 0 Å². The van der Waals surface area contributed by atoms with Crippen molar-refractivity contribution in [2.45, 2.75) is 67.9 Å². The Morgan fingerprint density at radius 2 is 2.21 bits per heavy atom. The van der Waals surface area contributed by atoms with Crippen molar-refractivity contribution in [2.24, 2.45) is 5.92 Å². The third kappa shape index (κ3) is 4.80. The maximum atomic E-state index is 3.78. The summed E-state index contributed by atoms with van der Waals surface area (Å²) in [5, 5.41) is 6.75. The van der Waals surface area contributed by atoms with E-state index in [1.54, 1.807) is 0 Å². The smallest absolute Gasteiger partial charge is 0.0601 e. The van der Waals surface area contributed by atoms with E-state index < -0.39 is 0 Å². The van der Waals surface area contributed by atoms with Crippen molar-refractivity contribution in [3.8, 4) is 0 Å². The summed E-state index contributed by atoms with van der Waals surface area (Å²) >= 11 is 4.01. The molecule has 0 spiro atoms. The molecule has 108 valence electrons. The molecule has 3 unspecified atom stereocenters. The number of rotatable bonds is 7. The topological polar surface area (TPSA) is 12.0 Å². The van der Waals surface area contributed by atoms with Crippen LogP contribution in [0, 0.1) is 5.92 Å². The summed E-state index contributed by atoms with van der Waals surface area (Å²) in [6.07, 6.45) is 8.20. The van der Waals surface area contributed by atoms with Gasteiger partial charge in [-0.15, -0.1) is 23.1 Å². The largest absolute Gasteiger partial charge is 0.313 e. The van der Waals surface area contributed by atoms with Gasteiger partial charge in [-0.1, -0.05) is 32.8 Å². The number of thioether (sulfide) groups is 1. The monoisotopic (exact) mass is 297 g/mol. The van der Waals surface area contributed by atoms with E-state index in [0.717, 1.165) is 17.2 Å². The second-order valence-corrected chi connectivity index (χ2v) is 8.10. The van der Waals surface area contributed by atoms with E-state index in [2.05, 4.69) is 48.4 Å². The first-order valence-corrected chi connectivity index (χ1v) is 9.53. The molecular weight excluding hydrogens is 270 g/mol. The van der Waals surface area contributed by atoms with Gasteiger partial charge < -0.3 is 5.32 Å². The molecule has 0 radical (unpaired) electrons. The highest BCUT2D eigenvalue weighted by molar-refractivity contribution is 8.01. The van der Waals surface area contributed by atoms with Crippen molar-refractivity contribution in [3.63, 3.8) is 0 Å². The summed E-state index contributed by atoms with van der Waals surface area (Å²) in [5.41, 5.74) is 0. The van der Waals surface area contributed by atoms with E-state index >= 15 is 0 Å². The lowest BCUT2D eigenvalue weighted by Gasteiger charge is -2.36. The summed E-state index contributed by atoms with van der Waals surface area (Å²) in [5.74, 6) is 0.960. The van der Waals surface area contributed by atoms with Crippen molar-refractivity contribution in [2.75, 3.05) is 6.54 Å². The van der Waals surface area contributed by atoms with Gasteiger partial charge in [0.1, 0.15) is 0 Å². The Bertz CT molecular complexity index is 337. The second kappa shape index (κ2) is 8.33. The molecule has 0 aromatic carbocycles. The number of hydrogen-bond acceptors (Lipinski definition) is 3. The molecule has 3 heteroatoms. The van der Waals surface area contributed by atoms with Crippen molar-refractivity contribution in [3.05, 3.63) is 17.5 Å². The van der Waals surface area contributed by atoms with Gasteiger partial charge in [-0.05, 0) is 49.6 Å². The molecule has 1 saturated carbocycles. The molecule has 1 aliphatic rings. The van der Waals surface area contributed by atoms with Crippen LogP contribution in [0.3, 0.4) is 0 Å². The third-order valence-corrected chi connectivity index (χ3v) is 6.45. The van der Waals surface area contributed by atoms with E-state index in [9.17, 15) is 0 Å². The van der Waals surface area contributed by atoms with Crippen LogP contribution in [0.1, 0.15) is 52.4 Å². The van der Waals surface area contributed by atoms with Crippen molar-refractivity contribution >= 4 is 23.1 Å². The highest BCUT2D eigenvalue weighted by Gasteiger charge is 2.30. The Hall–Kier alpha value is 0.01000. The van der Waals surface area contributed by atoms with Crippen LogP contribution < -0.4 is 5.32 Å². The molecule has 0 amide bonds. The normalized spacial score (nSPS) is 27.6. The number of thiophene rings is 1. The highest BCUT2D eigenvalue weighted by Crippen LogP contribution is 2.39. The van der Waals surface area contributed by atoms with E-state index in [1.165, 1.54) is 49.3 Å². The molecule has 2 rings (SSSR count). The molecule has 0 bridgehead atoms. The molecule has 19 heavy (non-hydrogen) atoms. The Balaban J connectivity index is 1.93. The Kier molecular flexibility index (Phi) is 6.75. The first-order valence-electron chi connectivity index (χ1n) is 7.77. The first kappa shape index (κ1) is 15.4. The quantitative estimate of drug-likeness (QED) is 0.744. The van der Waals surface area contributed by atoms with Gasteiger partial charge in [0.25, 0.3) is 0 Å². The van der Waals surface area contributed by atoms with Crippen LogP contribution >= 0.6 is 23.1 Å². The van der Waals surface area contributed by atoms with E-state index in [4.69, 9.17) is 0 Å². The van der Waals surface area contributed by atoms with E-state index in [1.807, 2.05) is 11.3 Å². The van der Waals surface area contributed by atoms with Gasteiger partial charge in [0.15, 0.2) is 0 Å². The molecule has 1 fully saturated rings. The molecule has 1 nitrogen and oxygen atoms in total. The maximum Gasteiger partial charge on any atom is 0.0601 e. The standard InChI is InChI=1S/C16H27NS2/c1-3-6-13-8-9-14(17-10-4-2)15(12-13)19-16-7-5-11-18-16/h5,7,11,13-15,17H,3-4,6,8-10,12H2,1-2H3. The van der Waals surface area contributed by atoms with Gasteiger partial charge in [0, 0.05) is 11.3 Å². The molecule has 0 saturated heterocycles. The van der Waals surface area contributed by atoms with Crippen LogP contribution in [0.15, 0.2) is 21.7 Å². The van der Waals surface area contributed by atoms with Gasteiger partial charge in [0.2, 0.25) is 0 Å². The minimum Gasteiger partial charge on any atom is -0.313 e. The molecule has 1 aromatic rings. The Morgan fingerprint density at radius 3 is 2.89 bits per heavy atom. The SMILES string of the molecule is CCCNC1CCC(CCC)CC1Sc1cccs1. The molecule has 0 aliphatic heterocycles. The lowest BCUT2D eigenvalue weighted by atomic mass is 9.83. The van der Waals surface area contributed by atoms with Crippen molar-refractivity contribution in [1.29, 1.82) is 0 Å². The fourth-order valence-electron chi connectivity index (χ4n) is 3.06. The molecular formula is C16H27NS2. The Labute approximate surface area is 126 Å². The molecule has 1 aliphatic carbocycles. The van der Waals surface area contributed by atoms with Crippen LogP contribution in [0.25, 0.3) is 0 Å². The highest BCUT2D eigenvalue weighted by atomic mass is 32.2. The van der Waals surface area contributed by atoms with E-state index in [0.29, 0.717) is 0 Å². The lowest BCUT2D eigenvalue weighted by molar-refractivity contribution is 0.287. The molecule has 1 aromatic heterocycles. The van der Waals surface area contributed by atoms with Crippen molar-refractivity contribution in [1.82, 2.24) is 5.32 Å². The molecule has 1 N–H and O–H groups in total. The average molecular weight is 298 g/mol. The summed E-state index contributed by atoms with van der Waals surface area (Å²) in [7, 11) is 0. The fourth-order valence-corrected chi connectivity index (χ4v) is 5.48. The Morgan fingerprint density at radius 1 is 1.32 bits per heavy atom. The zero-order valence-corrected chi connectivity index (χ0v) is 13.9. The van der Waals surface area contributed by atoms with Crippen LogP contribution in [0.5, 0.6) is 0 Å². The van der Waals surface area contributed by atoms with Crippen LogP contribution in [-0.2, 0) is 0 Å². The predicted octanol–water partition coefficient (Wildman–Crippen LogP) is 5.18. The maximum absolute atomic E-state index is 3.78. The van der Waals surface area contributed by atoms with Crippen LogP contribution in [0.2, 0.25) is 0 Å². The second-order valence-electron chi connectivity index (χ2n) is 5.62.